The Morgan fingerprint density at radius 2 is 2.24 bits per heavy atom. The maximum Gasteiger partial charge on any atom is 0.254 e. The molecule has 0 aliphatic carbocycles. The predicted octanol–water partition coefficient (Wildman–Crippen LogP) is 2.86. The fraction of sp³-hybridized carbons (Fsp3) is 0.400. The minimum Gasteiger partial charge on any atom is -0.489 e. The lowest BCUT2D eigenvalue weighted by atomic mass is 9.92. The van der Waals surface area contributed by atoms with Crippen molar-refractivity contribution in [3.8, 4) is 5.75 Å². The van der Waals surface area contributed by atoms with Crippen LogP contribution >= 0.6 is 0 Å². The Labute approximate surface area is 148 Å². The molecule has 1 aliphatic heterocycles. The number of piperidine rings is 1. The van der Waals surface area contributed by atoms with Crippen molar-refractivity contribution in [2.75, 3.05) is 13.1 Å². The first-order valence-electron chi connectivity index (χ1n) is 8.80. The van der Waals surface area contributed by atoms with Gasteiger partial charge in [0.2, 0.25) is 0 Å². The van der Waals surface area contributed by atoms with Gasteiger partial charge in [-0.2, -0.15) is 0 Å². The average molecular weight is 339 g/mol. The molecule has 1 amide bonds. The smallest absolute Gasteiger partial charge is 0.254 e. The molecule has 5 nitrogen and oxygen atoms in total. The number of carbonyl (C=O) groups is 1. The van der Waals surface area contributed by atoms with E-state index in [9.17, 15) is 4.79 Å². The van der Waals surface area contributed by atoms with Crippen molar-refractivity contribution in [3.63, 3.8) is 0 Å². The number of likely N-dealkylation sites (tertiary alicyclic amines) is 1. The number of carbonyl (C=O) groups excluding carboxylic acids is 1. The Kier molecular flexibility index (Phi) is 5.66. The van der Waals surface area contributed by atoms with Gasteiger partial charge in [0, 0.05) is 42.7 Å². The van der Waals surface area contributed by atoms with Crippen molar-refractivity contribution in [2.24, 2.45) is 11.7 Å². The first-order chi connectivity index (χ1) is 12.2. The standard InChI is InChI=1S/C20H25N3O2/c1-15-7-9-23(18(10-15)12-21)20(24)17-5-2-6-19(11-17)25-14-16-4-3-8-22-13-16/h2-6,8,11,13,15,18H,7,9-10,12,14,21H2,1H3. The maximum atomic E-state index is 12.9. The van der Waals surface area contributed by atoms with E-state index in [1.165, 1.54) is 0 Å². The second-order valence-electron chi connectivity index (χ2n) is 6.70. The van der Waals surface area contributed by atoms with Gasteiger partial charge in [0.15, 0.2) is 0 Å². The summed E-state index contributed by atoms with van der Waals surface area (Å²) in [6.07, 6.45) is 5.50. The van der Waals surface area contributed by atoms with Gasteiger partial charge in [0.05, 0.1) is 0 Å². The zero-order chi connectivity index (χ0) is 17.6. The van der Waals surface area contributed by atoms with E-state index in [2.05, 4.69) is 11.9 Å². The fourth-order valence-corrected chi connectivity index (χ4v) is 3.28. The van der Waals surface area contributed by atoms with E-state index in [1.807, 2.05) is 41.3 Å². The van der Waals surface area contributed by atoms with Crippen LogP contribution < -0.4 is 10.5 Å². The Morgan fingerprint density at radius 3 is 3.00 bits per heavy atom. The maximum absolute atomic E-state index is 12.9. The number of pyridine rings is 1. The molecule has 0 bridgehead atoms. The summed E-state index contributed by atoms with van der Waals surface area (Å²) in [7, 11) is 0. The number of hydrogen-bond donors (Lipinski definition) is 1. The van der Waals surface area contributed by atoms with E-state index < -0.39 is 0 Å². The highest BCUT2D eigenvalue weighted by Crippen LogP contribution is 2.25. The molecule has 0 radical (unpaired) electrons. The van der Waals surface area contributed by atoms with E-state index in [-0.39, 0.29) is 11.9 Å². The van der Waals surface area contributed by atoms with Crippen LogP contribution in [0.15, 0.2) is 48.8 Å². The molecule has 2 heterocycles. The first kappa shape index (κ1) is 17.4. The topological polar surface area (TPSA) is 68.5 Å². The minimum atomic E-state index is 0.0363. The number of rotatable bonds is 5. The average Bonchev–Trinajstić information content (AvgIpc) is 2.67. The van der Waals surface area contributed by atoms with E-state index in [0.717, 1.165) is 24.9 Å². The number of amides is 1. The highest BCUT2D eigenvalue weighted by Gasteiger charge is 2.29. The SMILES string of the molecule is CC1CCN(C(=O)c2cccc(OCc3cccnc3)c2)C(CN)C1. The van der Waals surface area contributed by atoms with Crippen LogP contribution in [0.3, 0.4) is 0 Å². The number of nitrogens with zero attached hydrogens (tertiary/aromatic N) is 2. The highest BCUT2D eigenvalue weighted by molar-refractivity contribution is 5.94. The molecular weight excluding hydrogens is 314 g/mol. The van der Waals surface area contributed by atoms with E-state index in [1.54, 1.807) is 12.4 Å². The molecule has 2 N–H and O–H groups in total. The third-order valence-electron chi connectivity index (χ3n) is 4.72. The summed E-state index contributed by atoms with van der Waals surface area (Å²) >= 11 is 0. The lowest BCUT2D eigenvalue weighted by Gasteiger charge is -2.38. The molecule has 1 aromatic carbocycles. The number of hydrogen-bond acceptors (Lipinski definition) is 4. The Balaban J connectivity index is 1.69. The fourth-order valence-electron chi connectivity index (χ4n) is 3.28. The quantitative estimate of drug-likeness (QED) is 0.909. The Hall–Kier alpha value is -2.40. The second-order valence-corrected chi connectivity index (χ2v) is 6.70. The molecular formula is C20H25N3O2. The number of aromatic nitrogens is 1. The van der Waals surface area contributed by atoms with Gasteiger partial charge >= 0.3 is 0 Å². The number of benzene rings is 1. The molecule has 2 aromatic rings. The molecule has 2 atom stereocenters. The van der Waals surface area contributed by atoms with Crippen LogP contribution in [0.25, 0.3) is 0 Å². The first-order valence-corrected chi connectivity index (χ1v) is 8.80. The van der Waals surface area contributed by atoms with Crippen molar-refractivity contribution in [1.29, 1.82) is 0 Å². The Bertz CT molecular complexity index is 705. The van der Waals surface area contributed by atoms with Gasteiger partial charge in [0.25, 0.3) is 5.91 Å². The summed E-state index contributed by atoms with van der Waals surface area (Å²) in [5, 5.41) is 0. The molecule has 0 spiro atoms. The van der Waals surface area contributed by atoms with Crippen molar-refractivity contribution in [3.05, 3.63) is 59.9 Å². The predicted molar refractivity (Wildman–Crippen MR) is 97.3 cm³/mol. The highest BCUT2D eigenvalue weighted by atomic mass is 16.5. The van der Waals surface area contributed by atoms with Crippen LogP contribution in [0.4, 0.5) is 0 Å². The molecule has 3 rings (SSSR count). The van der Waals surface area contributed by atoms with Crippen LogP contribution in [-0.2, 0) is 6.61 Å². The van der Waals surface area contributed by atoms with Gasteiger partial charge < -0.3 is 15.4 Å². The third-order valence-corrected chi connectivity index (χ3v) is 4.72. The zero-order valence-corrected chi connectivity index (χ0v) is 14.6. The zero-order valence-electron chi connectivity index (χ0n) is 14.6. The van der Waals surface area contributed by atoms with Gasteiger partial charge in [0.1, 0.15) is 12.4 Å². The third kappa shape index (κ3) is 4.37. The molecule has 1 fully saturated rings. The van der Waals surface area contributed by atoms with Gasteiger partial charge in [-0.15, -0.1) is 0 Å². The summed E-state index contributed by atoms with van der Waals surface area (Å²) in [6, 6.07) is 11.3. The van der Waals surface area contributed by atoms with Crippen LogP contribution in [0.1, 0.15) is 35.7 Å². The monoisotopic (exact) mass is 339 g/mol. The van der Waals surface area contributed by atoms with Gasteiger partial charge in [-0.05, 0) is 43.0 Å². The van der Waals surface area contributed by atoms with Crippen molar-refractivity contribution in [2.45, 2.75) is 32.4 Å². The largest absolute Gasteiger partial charge is 0.489 e. The minimum absolute atomic E-state index is 0.0363. The second kappa shape index (κ2) is 8.12. The van der Waals surface area contributed by atoms with E-state index >= 15 is 0 Å². The van der Waals surface area contributed by atoms with Crippen molar-refractivity contribution < 1.29 is 9.53 Å². The molecule has 1 aliphatic rings. The van der Waals surface area contributed by atoms with E-state index in [4.69, 9.17) is 10.5 Å². The van der Waals surface area contributed by atoms with Crippen molar-refractivity contribution >= 4 is 5.91 Å². The van der Waals surface area contributed by atoms with Crippen LogP contribution in [0, 0.1) is 5.92 Å². The molecule has 25 heavy (non-hydrogen) atoms. The summed E-state index contributed by atoms with van der Waals surface area (Å²) in [5.74, 6) is 1.34. The molecule has 2 unspecified atom stereocenters. The van der Waals surface area contributed by atoms with Crippen LogP contribution in [0.2, 0.25) is 0 Å². The normalized spacial score (nSPS) is 20.3. The molecule has 132 valence electrons. The van der Waals surface area contributed by atoms with Crippen LogP contribution in [0.5, 0.6) is 5.75 Å². The number of ether oxygens (including phenoxy) is 1. The van der Waals surface area contributed by atoms with E-state index in [0.29, 0.717) is 30.4 Å². The Morgan fingerprint density at radius 1 is 1.36 bits per heavy atom. The summed E-state index contributed by atoms with van der Waals surface area (Å²) in [4.78, 5) is 18.9. The van der Waals surface area contributed by atoms with Gasteiger partial charge in [-0.1, -0.05) is 19.1 Å². The molecule has 1 saturated heterocycles. The molecule has 5 heteroatoms. The summed E-state index contributed by atoms with van der Waals surface area (Å²) < 4.78 is 5.81. The number of nitrogens with two attached hydrogens (primary N) is 1. The molecule has 1 aromatic heterocycles. The van der Waals surface area contributed by atoms with Crippen LogP contribution in [-0.4, -0.2) is 34.9 Å². The lowest BCUT2D eigenvalue weighted by molar-refractivity contribution is 0.0573. The van der Waals surface area contributed by atoms with Crippen molar-refractivity contribution in [1.82, 2.24) is 9.88 Å². The lowest BCUT2D eigenvalue weighted by Crippen LogP contribution is -2.49. The summed E-state index contributed by atoms with van der Waals surface area (Å²) in [6.45, 7) is 3.92. The van der Waals surface area contributed by atoms with Gasteiger partial charge in [-0.3, -0.25) is 9.78 Å². The van der Waals surface area contributed by atoms with Gasteiger partial charge in [-0.25, -0.2) is 0 Å². The summed E-state index contributed by atoms with van der Waals surface area (Å²) in [5.41, 5.74) is 7.53. The molecule has 0 saturated carbocycles.